The van der Waals surface area contributed by atoms with Gasteiger partial charge in [0.2, 0.25) is 15.9 Å². The van der Waals surface area contributed by atoms with Crippen molar-refractivity contribution >= 4 is 32.4 Å². The van der Waals surface area contributed by atoms with Gasteiger partial charge in [-0.1, -0.05) is 17.7 Å². The number of aromatic nitrogens is 1. The first-order valence-corrected chi connectivity index (χ1v) is 12.7. The van der Waals surface area contributed by atoms with Crippen molar-refractivity contribution in [2.24, 2.45) is 5.92 Å². The van der Waals surface area contributed by atoms with Crippen LogP contribution >= 0.6 is 11.3 Å². The van der Waals surface area contributed by atoms with Crippen molar-refractivity contribution in [2.75, 3.05) is 25.5 Å². The van der Waals surface area contributed by atoms with Gasteiger partial charge >= 0.3 is 0 Å². The summed E-state index contributed by atoms with van der Waals surface area (Å²) < 4.78 is 32.6. The third-order valence-electron chi connectivity index (χ3n) is 5.53. The first-order chi connectivity index (χ1) is 15.4. The Labute approximate surface area is 192 Å². The second-order valence-electron chi connectivity index (χ2n) is 7.77. The van der Waals surface area contributed by atoms with E-state index in [0.29, 0.717) is 24.5 Å². The molecule has 168 valence electrons. The van der Waals surface area contributed by atoms with E-state index in [0.717, 1.165) is 22.6 Å². The molecule has 1 saturated heterocycles. The number of carbonyl (C=O) groups is 1. The number of nitrogens with one attached hydrogen (secondary N) is 1. The maximum atomic E-state index is 13.0. The van der Waals surface area contributed by atoms with E-state index >= 15 is 0 Å². The molecule has 0 radical (unpaired) electrons. The van der Waals surface area contributed by atoms with Crippen LogP contribution in [0.2, 0.25) is 0 Å². The molecule has 1 aromatic heterocycles. The van der Waals surface area contributed by atoms with Gasteiger partial charge in [-0.05, 0) is 56.2 Å². The average molecular weight is 472 g/mol. The molecule has 0 saturated carbocycles. The highest BCUT2D eigenvalue weighted by Crippen LogP contribution is 2.28. The molecular formula is C23H25N3O4S2. The molecule has 1 atom stereocenters. The van der Waals surface area contributed by atoms with Crippen molar-refractivity contribution < 1.29 is 17.9 Å². The molecule has 3 aromatic rings. The molecule has 7 nitrogen and oxygen atoms in total. The number of hydrogen-bond acceptors (Lipinski definition) is 6. The van der Waals surface area contributed by atoms with Crippen LogP contribution in [-0.4, -0.2) is 43.8 Å². The highest BCUT2D eigenvalue weighted by atomic mass is 32.2. The highest BCUT2D eigenvalue weighted by Gasteiger charge is 2.33. The van der Waals surface area contributed by atoms with E-state index in [2.05, 4.69) is 10.3 Å². The lowest BCUT2D eigenvalue weighted by atomic mass is 9.99. The standard InChI is InChI=1S/C23H25N3O4S2/c1-16-5-11-20(12-6-16)32(28,29)26-13-3-4-18(14-26)22(27)25-23-24-21(15-31-23)17-7-9-19(30-2)10-8-17/h5-12,15,18H,3-4,13-14H2,1-2H3,(H,24,25,27). The van der Waals surface area contributed by atoms with Gasteiger partial charge in [0.1, 0.15) is 5.75 Å². The number of nitrogens with zero attached hydrogens (tertiary/aromatic N) is 2. The Morgan fingerprint density at radius 2 is 1.88 bits per heavy atom. The number of carbonyl (C=O) groups excluding carboxylic acids is 1. The average Bonchev–Trinajstić information content (AvgIpc) is 3.28. The molecule has 0 spiro atoms. The monoisotopic (exact) mass is 471 g/mol. The van der Waals surface area contributed by atoms with Crippen molar-refractivity contribution in [3.05, 3.63) is 59.5 Å². The van der Waals surface area contributed by atoms with Gasteiger partial charge in [-0.3, -0.25) is 4.79 Å². The summed E-state index contributed by atoms with van der Waals surface area (Å²) in [6.07, 6.45) is 1.28. The minimum Gasteiger partial charge on any atom is -0.497 e. The molecule has 0 bridgehead atoms. The second-order valence-corrected chi connectivity index (χ2v) is 10.6. The fourth-order valence-corrected chi connectivity index (χ4v) is 5.91. The fraction of sp³-hybridized carbons (Fsp3) is 0.304. The largest absolute Gasteiger partial charge is 0.497 e. The minimum atomic E-state index is -3.63. The lowest BCUT2D eigenvalue weighted by molar-refractivity contribution is -0.120. The van der Waals surface area contributed by atoms with Crippen molar-refractivity contribution in [3.8, 4) is 17.0 Å². The molecule has 2 heterocycles. The first-order valence-electron chi connectivity index (χ1n) is 10.3. The molecular weight excluding hydrogens is 446 g/mol. The molecule has 32 heavy (non-hydrogen) atoms. The van der Waals surface area contributed by atoms with Gasteiger partial charge in [0.25, 0.3) is 0 Å². The van der Waals surface area contributed by atoms with E-state index in [1.165, 1.54) is 15.6 Å². The molecule has 0 aliphatic carbocycles. The smallest absolute Gasteiger partial charge is 0.243 e. The molecule has 1 unspecified atom stereocenters. The highest BCUT2D eigenvalue weighted by molar-refractivity contribution is 7.89. The van der Waals surface area contributed by atoms with Crippen LogP contribution in [0.1, 0.15) is 18.4 Å². The van der Waals surface area contributed by atoms with E-state index in [9.17, 15) is 13.2 Å². The second kappa shape index (κ2) is 9.40. The van der Waals surface area contributed by atoms with Crippen LogP contribution in [0.25, 0.3) is 11.3 Å². The molecule has 9 heteroatoms. The first kappa shape index (κ1) is 22.4. The van der Waals surface area contributed by atoms with Crippen LogP contribution in [0.15, 0.2) is 58.8 Å². The van der Waals surface area contributed by atoms with Crippen LogP contribution in [0.3, 0.4) is 0 Å². The normalized spacial score (nSPS) is 17.1. The van der Waals surface area contributed by atoms with Gasteiger partial charge in [0.15, 0.2) is 5.13 Å². The molecule has 1 aliphatic heterocycles. The molecule has 1 fully saturated rings. The summed E-state index contributed by atoms with van der Waals surface area (Å²) in [5.74, 6) is 0.140. The van der Waals surface area contributed by atoms with Gasteiger partial charge in [-0.2, -0.15) is 4.31 Å². The summed E-state index contributed by atoms with van der Waals surface area (Å²) in [6, 6.07) is 14.3. The molecule has 4 rings (SSSR count). The Kier molecular flexibility index (Phi) is 6.59. The number of anilines is 1. The number of ether oxygens (including phenoxy) is 1. The number of piperidine rings is 1. The predicted octanol–water partition coefficient (Wildman–Crippen LogP) is 4.17. The van der Waals surface area contributed by atoms with Crippen molar-refractivity contribution in [2.45, 2.75) is 24.7 Å². The Morgan fingerprint density at radius 3 is 2.56 bits per heavy atom. The summed E-state index contributed by atoms with van der Waals surface area (Å²) in [7, 11) is -2.01. The lowest BCUT2D eigenvalue weighted by Crippen LogP contribution is -2.43. The lowest BCUT2D eigenvalue weighted by Gasteiger charge is -2.31. The van der Waals surface area contributed by atoms with Gasteiger partial charge in [0.05, 0.1) is 23.6 Å². The molecule has 2 aromatic carbocycles. The van der Waals surface area contributed by atoms with Crippen LogP contribution in [-0.2, 0) is 14.8 Å². The Balaban J connectivity index is 1.42. The number of sulfonamides is 1. The number of aryl methyl sites for hydroxylation is 1. The zero-order valence-corrected chi connectivity index (χ0v) is 19.6. The van der Waals surface area contributed by atoms with Gasteiger partial charge in [0, 0.05) is 24.0 Å². The van der Waals surface area contributed by atoms with Crippen LogP contribution < -0.4 is 10.1 Å². The summed E-state index contributed by atoms with van der Waals surface area (Å²) in [5, 5.41) is 5.25. The number of rotatable bonds is 6. The van der Waals surface area contributed by atoms with Crippen molar-refractivity contribution in [1.29, 1.82) is 0 Å². The zero-order valence-electron chi connectivity index (χ0n) is 17.9. The van der Waals surface area contributed by atoms with Gasteiger partial charge < -0.3 is 10.1 Å². The van der Waals surface area contributed by atoms with Crippen molar-refractivity contribution in [1.82, 2.24) is 9.29 Å². The van der Waals surface area contributed by atoms with E-state index < -0.39 is 15.9 Å². The van der Waals surface area contributed by atoms with Crippen LogP contribution in [0.5, 0.6) is 5.75 Å². The summed E-state index contributed by atoms with van der Waals surface area (Å²) in [5.41, 5.74) is 2.69. The number of benzene rings is 2. The number of amides is 1. The summed E-state index contributed by atoms with van der Waals surface area (Å²) >= 11 is 1.35. The topological polar surface area (TPSA) is 88.6 Å². The van der Waals surface area contributed by atoms with E-state index in [1.807, 2.05) is 36.6 Å². The maximum absolute atomic E-state index is 13.0. The summed E-state index contributed by atoms with van der Waals surface area (Å²) in [4.78, 5) is 17.6. The van der Waals surface area contributed by atoms with Crippen LogP contribution in [0, 0.1) is 12.8 Å². The van der Waals surface area contributed by atoms with Crippen molar-refractivity contribution in [3.63, 3.8) is 0 Å². The zero-order chi connectivity index (χ0) is 22.7. The van der Waals surface area contributed by atoms with Gasteiger partial charge in [-0.25, -0.2) is 13.4 Å². The Hall–Kier alpha value is -2.75. The maximum Gasteiger partial charge on any atom is 0.243 e. The van der Waals surface area contributed by atoms with Gasteiger partial charge in [-0.15, -0.1) is 11.3 Å². The van der Waals surface area contributed by atoms with E-state index in [1.54, 1.807) is 31.4 Å². The quantitative estimate of drug-likeness (QED) is 0.583. The molecule has 1 aliphatic rings. The third-order valence-corrected chi connectivity index (χ3v) is 8.17. The Bertz CT molecular complexity index is 1190. The number of hydrogen-bond donors (Lipinski definition) is 1. The number of thiazole rings is 1. The molecule has 1 amide bonds. The van der Waals surface area contributed by atoms with E-state index in [4.69, 9.17) is 4.74 Å². The number of methoxy groups -OCH3 is 1. The summed E-state index contributed by atoms with van der Waals surface area (Å²) in [6.45, 7) is 2.49. The predicted molar refractivity (Wildman–Crippen MR) is 125 cm³/mol. The van der Waals surface area contributed by atoms with Crippen LogP contribution in [0.4, 0.5) is 5.13 Å². The fourth-order valence-electron chi connectivity index (χ4n) is 3.67. The Morgan fingerprint density at radius 1 is 1.16 bits per heavy atom. The minimum absolute atomic E-state index is 0.165. The third kappa shape index (κ3) is 4.85. The van der Waals surface area contributed by atoms with E-state index in [-0.39, 0.29) is 17.3 Å². The molecule has 1 N–H and O–H groups in total. The SMILES string of the molecule is COc1ccc(-c2csc(NC(=O)C3CCCN(S(=O)(=O)c4ccc(C)cc4)C3)n2)cc1.